The highest BCUT2D eigenvalue weighted by atomic mass is 79.9. The third-order valence-corrected chi connectivity index (χ3v) is 7.13. The lowest BCUT2D eigenvalue weighted by Gasteiger charge is -2.15. The lowest BCUT2D eigenvalue weighted by Crippen LogP contribution is -2.20. The minimum Gasteiger partial charge on any atom is -0.367 e. The van der Waals surface area contributed by atoms with Gasteiger partial charge in [-0.3, -0.25) is 9.93 Å². The topological polar surface area (TPSA) is 90.1 Å². The number of nitrogens with two attached hydrogens (primary N) is 1. The third kappa shape index (κ3) is 5.93. The fourth-order valence-electron chi connectivity index (χ4n) is 3.90. The summed E-state index contributed by atoms with van der Waals surface area (Å²) in [5.41, 5.74) is 2.83. The number of benzene rings is 1. The van der Waals surface area contributed by atoms with E-state index in [1.165, 1.54) is 23.2 Å². The Morgan fingerprint density at radius 2 is 2.23 bits per heavy atom. The van der Waals surface area contributed by atoms with Gasteiger partial charge in [-0.15, -0.1) is 11.3 Å². The van der Waals surface area contributed by atoms with Gasteiger partial charge in [0, 0.05) is 16.7 Å². The Morgan fingerprint density at radius 3 is 3.06 bits per heavy atom. The van der Waals surface area contributed by atoms with E-state index in [0.717, 1.165) is 47.9 Å². The molecule has 2 aromatic heterocycles. The Hall–Kier alpha value is -1.78. The van der Waals surface area contributed by atoms with Crippen LogP contribution in [0.1, 0.15) is 45.6 Å². The molecule has 0 spiro atoms. The zero-order valence-electron chi connectivity index (χ0n) is 16.8. The van der Waals surface area contributed by atoms with Gasteiger partial charge in [-0.1, -0.05) is 28.1 Å². The number of hydrogen-bond acceptors (Lipinski definition) is 8. The lowest BCUT2D eigenvalue weighted by molar-refractivity contribution is 0.104. The molecule has 9 heteroatoms. The summed E-state index contributed by atoms with van der Waals surface area (Å²) in [5.74, 6) is 1.01. The smallest absolute Gasteiger partial charge is 0.208 e. The number of thiophene rings is 1. The van der Waals surface area contributed by atoms with Crippen LogP contribution in [0.4, 0.5) is 5.82 Å². The molecule has 0 unspecified atom stereocenters. The van der Waals surface area contributed by atoms with Crippen molar-refractivity contribution in [2.75, 3.05) is 11.9 Å². The molecule has 4 rings (SSSR count). The number of aromatic nitrogens is 2. The quantitative estimate of drug-likeness (QED) is 0.227. The molecule has 0 radical (unpaired) electrons. The number of anilines is 1. The SMILES string of the molecule is NSOC[C@@H]1CC[C@H](Nc2ncncc2C(=O)c2cc(Cc3cccc(Br)c3)cs2)C1. The highest BCUT2D eigenvalue weighted by molar-refractivity contribution is 9.10. The number of nitrogens with one attached hydrogen (secondary N) is 1. The van der Waals surface area contributed by atoms with Crippen molar-refractivity contribution in [2.45, 2.75) is 31.7 Å². The monoisotopic (exact) mass is 518 g/mol. The van der Waals surface area contributed by atoms with E-state index < -0.39 is 0 Å². The molecule has 162 valence electrons. The van der Waals surface area contributed by atoms with Crippen LogP contribution in [0.5, 0.6) is 0 Å². The van der Waals surface area contributed by atoms with Gasteiger partial charge >= 0.3 is 0 Å². The Balaban J connectivity index is 1.44. The summed E-state index contributed by atoms with van der Waals surface area (Å²) in [4.78, 5) is 22.4. The average molecular weight is 519 g/mol. The van der Waals surface area contributed by atoms with E-state index in [2.05, 4.69) is 43.3 Å². The first kappa shape index (κ1) is 22.4. The van der Waals surface area contributed by atoms with Crippen molar-refractivity contribution < 1.29 is 8.98 Å². The molecule has 0 bridgehead atoms. The third-order valence-electron chi connectivity index (χ3n) is 5.39. The number of rotatable bonds is 9. The van der Waals surface area contributed by atoms with Crippen LogP contribution in [-0.2, 0) is 10.6 Å². The minimum absolute atomic E-state index is 0.0500. The van der Waals surface area contributed by atoms with Crippen LogP contribution < -0.4 is 10.5 Å². The van der Waals surface area contributed by atoms with Gasteiger partial charge in [0.25, 0.3) is 0 Å². The summed E-state index contributed by atoms with van der Waals surface area (Å²) in [7, 11) is 0. The fourth-order valence-corrected chi connectivity index (χ4v) is 5.48. The second-order valence-electron chi connectivity index (χ2n) is 7.64. The van der Waals surface area contributed by atoms with Crippen LogP contribution in [0.2, 0.25) is 0 Å². The van der Waals surface area contributed by atoms with Crippen molar-refractivity contribution in [3.8, 4) is 0 Å². The van der Waals surface area contributed by atoms with Gasteiger partial charge in [0.05, 0.1) is 29.3 Å². The van der Waals surface area contributed by atoms with Crippen molar-refractivity contribution in [3.63, 3.8) is 0 Å². The Morgan fingerprint density at radius 1 is 1.32 bits per heavy atom. The standard InChI is InChI=1S/C22H23BrN4O2S2/c23-17-3-1-2-14(7-17)6-16-9-20(30-12-16)21(28)19-10-25-13-26-22(19)27-18-5-4-15(8-18)11-29-31-24/h1-3,7,9-10,12-13,15,18H,4-6,8,11,24H2,(H,25,26,27)/t15-,18+/m1/s1. The predicted octanol–water partition coefficient (Wildman–Crippen LogP) is 5.24. The molecule has 0 saturated heterocycles. The molecular formula is C22H23BrN4O2S2. The van der Waals surface area contributed by atoms with E-state index in [1.54, 1.807) is 6.20 Å². The first-order valence-corrected chi connectivity index (χ1v) is 12.5. The molecule has 3 aromatic rings. The summed E-state index contributed by atoms with van der Waals surface area (Å²) in [6, 6.07) is 10.4. The molecule has 1 aromatic carbocycles. The molecule has 0 aliphatic heterocycles. The van der Waals surface area contributed by atoms with Crippen LogP contribution in [0.15, 0.2) is 52.7 Å². The predicted molar refractivity (Wildman–Crippen MR) is 129 cm³/mol. The second kappa shape index (κ2) is 10.7. The van der Waals surface area contributed by atoms with Gasteiger partial charge in [-0.2, -0.15) is 0 Å². The zero-order chi connectivity index (χ0) is 21.6. The normalized spacial score (nSPS) is 18.3. The second-order valence-corrected chi connectivity index (χ2v) is 9.90. The summed E-state index contributed by atoms with van der Waals surface area (Å²) in [6.07, 6.45) is 6.91. The van der Waals surface area contributed by atoms with Crippen molar-refractivity contribution in [3.05, 3.63) is 74.3 Å². The molecule has 3 N–H and O–H groups in total. The first-order valence-electron chi connectivity index (χ1n) is 10.0. The molecule has 0 amide bonds. The van der Waals surface area contributed by atoms with Crippen LogP contribution in [0, 0.1) is 5.92 Å². The van der Waals surface area contributed by atoms with Gasteiger partial charge in [-0.25, -0.2) is 9.97 Å². The van der Waals surface area contributed by atoms with Crippen molar-refractivity contribution in [1.29, 1.82) is 0 Å². The summed E-state index contributed by atoms with van der Waals surface area (Å²) in [6.45, 7) is 0.644. The molecule has 2 heterocycles. The fraction of sp³-hybridized carbons (Fsp3) is 0.318. The van der Waals surface area contributed by atoms with Gasteiger partial charge in [0.15, 0.2) is 0 Å². The van der Waals surface area contributed by atoms with Crippen LogP contribution >= 0.6 is 39.5 Å². The summed E-state index contributed by atoms with van der Waals surface area (Å²) < 4.78 is 6.32. The maximum absolute atomic E-state index is 13.2. The number of halogens is 1. The maximum Gasteiger partial charge on any atom is 0.208 e. The first-order chi connectivity index (χ1) is 15.1. The van der Waals surface area contributed by atoms with Crippen LogP contribution in [0.25, 0.3) is 0 Å². The summed E-state index contributed by atoms with van der Waals surface area (Å²) >= 11 is 5.88. The molecule has 1 aliphatic carbocycles. The van der Waals surface area contributed by atoms with Crippen LogP contribution in [0.3, 0.4) is 0 Å². The highest BCUT2D eigenvalue weighted by Gasteiger charge is 2.27. The molecule has 31 heavy (non-hydrogen) atoms. The van der Waals surface area contributed by atoms with Crippen molar-refractivity contribution in [1.82, 2.24) is 9.97 Å². The van der Waals surface area contributed by atoms with E-state index in [0.29, 0.717) is 28.8 Å². The molecule has 2 atom stereocenters. The highest BCUT2D eigenvalue weighted by Crippen LogP contribution is 2.30. The minimum atomic E-state index is -0.0500. The largest absolute Gasteiger partial charge is 0.367 e. The Labute approximate surface area is 198 Å². The van der Waals surface area contributed by atoms with Crippen LogP contribution in [-0.4, -0.2) is 28.4 Å². The van der Waals surface area contributed by atoms with E-state index in [1.807, 2.05) is 23.6 Å². The number of carbonyl (C=O) groups is 1. The van der Waals surface area contributed by atoms with Crippen molar-refractivity contribution in [2.24, 2.45) is 11.1 Å². The molecule has 1 aliphatic rings. The van der Waals surface area contributed by atoms with Gasteiger partial charge in [0.2, 0.25) is 5.78 Å². The van der Waals surface area contributed by atoms with Gasteiger partial charge < -0.3 is 9.50 Å². The molecular weight excluding hydrogens is 496 g/mol. The molecule has 1 saturated carbocycles. The van der Waals surface area contributed by atoms with Crippen molar-refractivity contribution >= 4 is 51.1 Å². The number of carbonyl (C=O) groups excluding carboxylic acids is 1. The number of ketones is 1. The molecule has 6 nitrogen and oxygen atoms in total. The lowest BCUT2D eigenvalue weighted by atomic mass is 10.1. The zero-order valence-corrected chi connectivity index (χ0v) is 20.0. The van der Waals surface area contributed by atoms with Gasteiger partial charge in [0.1, 0.15) is 12.1 Å². The van der Waals surface area contributed by atoms with E-state index in [-0.39, 0.29) is 11.8 Å². The number of nitrogens with zero attached hydrogens (tertiary/aromatic N) is 2. The maximum atomic E-state index is 13.2. The van der Waals surface area contributed by atoms with Gasteiger partial charge in [-0.05, 0) is 66.3 Å². The Kier molecular flexibility index (Phi) is 7.73. The summed E-state index contributed by atoms with van der Waals surface area (Å²) in [5, 5.41) is 10.8. The average Bonchev–Trinajstić information content (AvgIpc) is 3.42. The molecule has 1 fully saturated rings. The Bertz CT molecular complexity index is 1050. The van der Waals surface area contributed by atoms with E-state index in [9.17, 15) is 4.79 Å². The van der Waals surface area contributed by atoms with E-state index in [4.69, 9.17) is 9.32 Å². The van der Waals surface area contributed by atoms with E-state index >= 15 is 0 Å². The number of hydrogen-bond donors (Lipinski definition) is 2.